The molecule has 3 nitrogen and oxygen atoms in total. The molecule has 0 bridgehead atoms. The first-order chi connectivity index (χ1) is 7.79. The SMILES string of the molecule is O=C(O)[C@@H](c1ccccc1)C1CCOCC1. The maximum atomic E-state index is 11.4. The van der Waals surface area contributed by atoms with E-state index >= 15 is 0 Å². The summed E-state index contributed by atoms with van der Waals surface area (Å²) in [4.78, 5) is 11.4. The molecule has 2 rings (SSSR count). The van der Waals surface area contributed by atoms with Gasteiger partial charge in [-0.1, -0.05) is 30.3 Å². The van der Waals surface area contributed by atoms with Crippen molar-refractivity contribution in [3.63, 3.8) is 0 Å². The number of ether oxygens (including phenoxy) is 1. The zero-order chi connectivity index (χ0) is 11.4. The summed E-state index contributed by atoms with van der Waals surface area (Å²) in [6, 6.07) is 9.49. The summed E-state index contributed by atoms with van der Waals surface area (Å²) in [5.74, 6) is -0.906. The van der Waals surface area contributed by atoms with Gasteiger partial charge in [0, 0.05) is 13.2 Å². The molecule has 0 aromatic heterocycles. The van der Waals surface area contributed by atoms with Gasteiger partial charge >= 0.3 is 5.97 Å². The smallest absolute Gasteiger partial charge is 0.311 e. The number of rotatable bonds is 3. The third-order valence-corrected chi connectivity index (χ3v) is 3.16. The minimum Gasteiger partial charge on any atom is -0.481 e. The van der Waals surface area contributed by atoms with Gasteiger partial charge in [-0.3, -0.25) is 4.79 Å². The van der Waals surface area contributed by atoms with E-state index in [9.17, 15) is 9.90 Å². The lowest BCUT2D eigenvalue weighted by atomic mass is 9.81. The highest BCUT2D eigenvalue weighted by atomic mass is 16.5. The second-order valence-corrected chi connectivity index (χ2v) is 4.18. The third-order valence-electron chi connectivity index (χ3n) is 3.16. The summed E-state index contributed by atoms with van der Waals surface area (Å²) in [7, 11) is 0. The van der Waals surface area contributed by atoms with Crippen LogP contribution in [0.3, 0.4) is 0 Å². The zero-order valence-corrected chi connectivity index (χ0v) is 9.13. The number of hydrogen-bond acceptors (Lipinski definition) is 2. The quantitative estimate of drug-likeness (QED) is 0.850. The van der Waals surface area contributed by atoms with Crippen LogP contribution in [0.4, 0.5) is 0 Å². The topological polar surface area (TPSA) is 46.5 Å². The normalized spacial score (nSPS) is 19.2. The van der Waals surface area contributed by atoms with Gasteiger partial charge < -0.3 is 9.84 Å². The number of aliphatic carboxylic acids is 1. The Kier molecular flexibility index (Phi) is 3.57. The minimum atomic E-state index is -0.724. The summed E-state index contributed by atoms with van der Waals surface area (Å²) >= 11 is 0. The highest BCUT2D eigenvalue weighted by Gasteiger charge is 2.30. The number of carboxylic acid groups (broad SMARTS) is 1. The van der Waals surface area contributed by atoms with E-state index in [0.29, 0.717) is 13.2 Å². The molecule has 1 aliphatic rings. The van der Waals surface area contributed by atoms with E-state index in [4.69, 9.17) is 4.74 Å². The first kappa shape index (κ1) is 11.1. The highest BCUT2D eigenvalue weighted by Crippen LogP contribution is 2.32. The predicted octanol–water partition coefficient (Wildman–Crippen LogP) is 2.28. The van der Waals surface area contributed by atoms with E-state index < -0.39 is 5.97 Å². The minimum absolute atomic E-state index is 0.202. The van der Waals surface area contributed by atoms with Crippen molar-refractivity contribution in [3.8, 4) is 0 Å². The maximum Gasteiger partial charge on any atom is 0.311 e. The van der Waals surface area contributed by atoms with Crippen LogP contribution in [0.15, 0.2) is 30.3 Å². The lowest BCUT2D eigenvalue weighted by molar-refractivity contribution is -0.141. The van der Waals surface area contributed by atoms with E-state index in [0.717, 1.165) is 18.4 Å². The molecule has 0 unspecified atom stereocenters. The molecule has 1 N–H and O–H groups in total. The number of hydrogen-bond donors (Lipinski definition) is 1. The lowest BCUT2D eigenvalue weighted by Crippen LogP contribution is -2.27. The molecule has 1 aliphatic heterocycles. The van der Waals surface area contributed by atoms with Crippen molar-refractivity contribution in [1.82, 2.24) is 0 Å². The lowest BCUT2D eigenvalue weighted by Gasteiger charge is -2.27. The molecule has 3 heteroatoms. The molecule has 0 spiro atoms. The van der Waals surface area contributed by atoms with Crippen LogP contribution in [0.25, 0.3) is 0 Å². The van der Waals surface area contributed by atoms with Gasteiger partial charge in [0.15, 0.2) is 0 Å². The second kappa shape index (κ2) is 5.12. The van der Waals surface area contributed by atoms with E-state index in [1.807, 2.05) is 30.3 Å². The van der Waals surface area contributed by atoms with Crippen molar-refractivity contribution in [2.45, 2.75) is 18.8 Å². The summed E-state index contributed by atoms with van der Waals surface area (Å²) in [5, 5.41) is 9.34. The molecule has 1 aromatic rings. The third kappa shape index (κ3) is 2.42. The van der Waals surface area contributed by atoms with E-state index in [1.54, 1.807) is 0 Å². The van der Waals surface area contributed by atoms with Crippen LogP contribution < -0.4 is 0 Å². The zero-order valence-electron chi connectivity index (χ0n) is 9.13. The van der Waals surface area contributed by atoms with Gasteiger partial charge in [-0.15, -0.1) is 0 Å². The van der Waals surface area contributed by atoms with Crippen molar-refractivity contribution in [3.05, 3.63) is 35.9 Å². The van der Waals surface area contributed by atoms with Crippen LogP contribution in [0.1, 0.15) is 24.3 Å². The van der Waals surface area contributed by atoms with Crippen LogP contribution in [-0.4, -0.2) is 24.3 Å². The van der Waals surface area contributed by atoms with Crippen LogP contribution in [0.5, 0.6) is 0 Å². The molecule has 1 heterocycles. The molecule has 1 atom stereocenters. The maximum absolute atomic E-state index is 11.4. The van der Waals surface area contributed by atoms with Crippen LogP contribution >= 0.6 is 0 Å². The second-order valence-electron chi connectivity index (χ2n) is 4.18. The molecule has 0 radical (unpaired) electrons. The Bertz CT molecular complexity index is 341. The molecule has 1 fully saturated rings. The predicted molar refractivity (Wildman–Crippen MR) is 60.4 cm³/mol. The number of benzene rings is 1. The van der Waals surface area contributed by atoms with Gasteiger partial charge in [0.05, 0.1) is 5.92 Å². The van der Waals surface area contributed by atoms with Crippen LogP contribution in [0.2, 0.25) is 0 Å². The summed E-state index contributed by atoms with van der Waals surface area (Å²) in [6.45, 7) is 1.36. The van der Waals surface area contributed by atoms with E-state index in [2.05, 4.69) is 0 Å². The van der Waals surface area contributed by atoms with Gasteiger partial charge in [-0.2, -0.15) is 0 Å². The van der Waals surface area contributed by atoms with Crippen molar-refractivity contribution in [1.29, 1.82) is 0 Å². The fourth-order valence-corrected chi connectivity index (χ4v) is 2.33. The molecular weight excluding hydrogens is 204 g/mol. The van der Waals surface area contributed by atoms with Crippen LogP contribution in [-0.2, 0) is 9.53 Å². The Morgan fingerprint density at radius 2 is 1.88 bits per heavy atom. The average Bonchev–Trinajstić information content (AvgIpc) is 2.31. The molecule has 0 aliphatic carbocycles. The molecule has 1 aromatic carbocycles. The summed E-state index contributed by atoms with van der Waals surface area (Å²) < 4.78 is 5.27. The van der Waals surface area contributed by atoms with Gasteiger partial charge in [0.2, 0.25) is 0 Å². The van der Waals surface area contributed by atoms with Crippen molar-refractivity contribution >= 4 is 5.97 Å². The molecule has 0 saturated carbocycles. The molecule has 86 valence electrons. The molecule has 1 saturated heterocycles. The fraction of sp³-hybridized carbons (Fsp3) is 0.462. The summed E-state index contributed by atoms with van der Waals surface area (Å²) in [6.07, 6.45) is 1.68. The van der Waals surface area contributed by atoms with Gasteiger partial charge in [0.25, 0.3) is 0 Å². The Balaban J connectivity index is 2.20. The first-order valence-corrected chi connectivity index (χ1v) is 5.64. The molecule has 16 heavy (non-hydrogen) atoms. The van der Waals surface area contributed by atoms with Crippen molar-refractivity contribution < 1.29 is 14.6 Å². The standard InChI is InChI=1S/C13H16O3/c14-13(15)12(10-4-2-1-3-5-10)11-6-8-16-9-7-11/h1-5,11-12H,6-9H2,(H,14,15)/t12-/m0/s1. The Morgan fingerprint density at radius 1 is 1.25 bits per heavy atom. The Morgan fingerprint density at radius 3 is 2.44 bits per heavy atom. The number of carboxylic acids is 1. The number of carbonyl (C=O) groups is 1. The van der Waals surface area contributed by atoms with Gasteiger partial charge in [0.1, 0.15) is 0 Å². The Labute approximate surface area is 95.0 Å². The fourth-order valence-electron chi connectivity index (χ4n) is 2.33. The Hall–Kier alpha value is -1.35. The van der Waals surface area contributed by atoms with Crippen molar-refractivity contribution in [2.75, 3.05) is 13.2 Å². The summed E-state index contributed by atoms with van der Waals surface area (Å²) in [5.41, 5.74) is 0.905. The van der Waals surface area contributed by atoms with Crippen LogP contribution in [0, 0.1) is 5.92 Å². The monoisotopic (exact) mass is 220 g/mol. The molecular formula is C13H16O3. The van der Waals surface area contributed by atoms with Crippen molar-refractivity contribution in [2.24, 2.45) is 5.92 Å². The van der Waals surface area contributed by atoms with Gasteiger partial charge in [-0.25, -0.2) is 0 Å². The first-order valence-electron chi connectivity index (χ1n) is 5.64. The largest absolute Gasteiger partial charge is 0.481 e. The van der Waals surface area contributed by atoms with E-state index in [1.165, 1.54) is 0 Å². The van der Waals surface area contributed by atoms with E-state index in [-0.39, 0.29) is 11.8 Å². The van der Waals surface area contributed by atoms with Gasteiger partial charge in [-0.05, 0) is 24.3 Å². The highest BCUT2D eigenvalue weighted by molar-refractivity contribution is 5.76. The average molecular weight is 220 g/mol. The molecule has 0 amide bonds.